The second kappa shape index (κ2) is 10.7. The predicted molar refractivity (Wildman–Crippen MR) is 146 cm³/mol. The molecule has 2 unspecified atom stereocenters. The van der Waals surface area contributed by atoms with E-state index in [-0.39, 0.29) is 30.2 Å². The van der Waals surface area contributed by atoms with Gasteiger partial charge in [0.15, 0.2) is 11.5 Å². The summed E-state index contributed by atoms with van der Waals surface area (Å²) in [6, 6.07) is 27.0. The molecule has 5 rings (SSSR count). The maximum Gasteiger partial charge on any atom is 0.262 e. The summed E-state index contributed by atoms with van der Waals surface area (Å²) in [6.07, 6.45) is 9.48. The summed E-state index contributed by atoms with van der Waals surface area (Å²) in [5, 5.41) is 2.98. The molecular formula is C31H30N4O2. The Morgan fingerprint density at radius 2 is 1.70 bits per heavy atom. The molecule has 0 radical (unpaired) electrons. The third kappa shape index (κ3) is 4.96. The molecule has 3 N–H and O–H groups in total. The van der Waals surface area contributed by atoms with E-state index >= 15 is 0 Å². The third-order valence-electron chi connectivity index (χ3n) is 6.94. The first-order chi connectivity index (χ1) is 18.1. The largest absolute Gasteiger partial charge is 0.369 e. The molecule has 6 nitrogen and oxygen atoms in total. The van der Waals surface area contributed by atoms with Crippen LogP contribution in [0, 0.1) is 5.92 Å². The number of guanidine groups is 1. The van der Waals surface area contributed by atoms with Crippen LogP contribution in [0.15, 0.2) is 114 Å². The van der Waals surface area contributed by atoms with Crippen molar-refractivity contribution in [1.82, 2.24) is 10.2 Å². The Labute approximate surface area is 217 Å². The second-order valence-corrected chi connectivity index (χ2v) is 9.34. The van der Waals surface area contributed by atoms with Crippen LogP contribution in [0.25, 0.3) is 0 Å². The van der Waals surface area contributed by atoms with Gasteiger partial charge < -0.3 is 11.1 Å². The number of hydrogen-bond acceptors (Lipinski definition) is 4. The van der Waals surface area contributed by atoms with Crippen LogP contribution in [0.3, 0.4) is 0 Å². The highest BCUT2D eigenvalue weighted by Crippen LogP contribution is 2.43. The number of benzene rings is 3. The molecule has 2 aliphatic rings. The van der Waals surface area contributed by atoms with E-state index in [1.54, 1.807) is 6.07 Å². The average molecular weight is 491 g/mol. The topological polar surface area (TPSA) is 87.8 Å². The Hall–Kier alpha value is -4.45. The van der Waals surface area contributed by atoms with Crippen molar-refractivity contribution in [3.63, 3.8) is 0 Å². The molecule has 1 aliphatic carbocycles. The maximum atomic E-state index is 14.0. The summed E-state index contributed by atoms with van der Waals surface area (Å²) in [6.45, 7) is 0.778. The fourth-order valence-corrected chi connectivity index (χ4v) is 5.04. The zero-order valence-corrected chi connectivity index (χ0v) is 20.6. The molecule has 3 aromatic rings. The third-order valence-corrected chi connectivity index (χ3v) is 6.94. The van der Waals surface area contributed by atoms with E-state index in [2.05, 4.69) is 11.4 Å². The number of hydrogen-bond donors (Lipinski definition) is 2. The molecule has 6 heteroatoms. The monoisotopic (exact) mass is 490 g/mol. The van der Waals surface area contributed by atoms with Gasteiger partial charge in [-0.25, -0.2) is 4.99 Å². The second-order valence-electron chi connectivity index (χ2n) is 9.34. The summed E-state index contributed by atoms with van der Waals surface area (Å²) in [7, 11) is 0. The van der Waals surface area contributed by atoms with Crippen LogP contribution in [0.4, 0.5) is 0 Å². The van der Waals surface area contributed by atoms with Crippen molar-refractivity contribution >= 4 is 17.8 Å². The minimum atomic E-state index is -1.11. The zero-order valence-electron chi connectivity index (χ0n) is 20.6. The van der Waals surface area contributed by atoms with Crippen molar-refractivity contribution in [2.75, 3.05) is 6.54 Å². The van der Waals surface area contributed by atoms with Gasteiger partial charge in [0.1, 0.15) is 0 Å². The summed E-state index contributed by atoms with van der Waals surface area (Å²) < 4.78 is 0. The van der Waals surface area contributed by atoms with Gasteiger partial charge in [0.25, 0.3) is 11.8 Å². The number of nitrogens with one attached hydrogen (secondary N) is 1. The normalized spacial score (nSPS) is 20.6. The highest BCUT2D eigenvalue weighted by Gasteiger charge is 2.53. The van der Waals surface area contributed by atoms with Crippen LogP contribution in [0.2, 0.25) is 0 Å². The minimum Gasteiger partial charge on any atom is -0.369 e. The molecule has 0 spiro atoms. The van der Waals surface area contributed by atoms with E-state index < -0.39 is 5.54 Å². The molecule has 0 bridgehead atoms. The van der Waals surface area contributed by atoms with Crippen LogP contribution in [-0.4, -0.2) is 29.2 Å². The van der Waals surface area contributed by atoms with Gasteiger partial charge in [-0.15, -0.1) is 0 Å². The van der Waals surface area contributed by atoms with Crippen LogP contribution in [0.1, 0.15) is 33.5 Å². The highest BCUT2D eigenvalue weighted by molar-refractivity contribution is 6.07. The van der Waals surface area contributed by atoms with Crippen molar-refractivity contribution < 1.29 is 9.59 Å². The molecule has 0 saturated heterocycles. The predicted octanol–water partition coefficient (Wildman–Crippen LogP) is 4.34. The number of allylic oxidation sites excluding steroid dienone is 3. The smallest absolute Gasteiger partial charge is 0.262 e. The molecule has 186 valence electrons. The van der Waals surface area contributed by atoms with Crippen LogP contribution in [0.5, 0.6) is 0 Å². The maximum absolute atomic E-state index is 14.0. The molecule has 0 saturated carbocycles. The Kier molecular flexibility index (Phi) is 6.99. The van der Waals surface area contributed by atoms with E-state index in [0.29, 0.717) is 18.5 Å². The van der Waals surface area contributed by atoms with E-state index in [1.807, 2.05) is 97.1 Å². The molecular weight excluding hydrogens is 460 g/mol. The van der Waals surface area contributed by atoms with Gasteiger partial charge >= 0.3 is 0 Å². The quantitative estimate of drug-likeness (QED) is 0.492. The summed E-state index contributed by atoms with van der Waals surface area (Å²) in [4.78, 5) is 33.2. The number of rotatable bonds is 8. The molecule has 3 aromatic carbocycles. The molecule has 1 heterocycles. The van der Waals surface area contributed by atoms with Crippen LogP contribution >= 0.6 is 0 Å². The SMILES string of the molecule is NC1=NC(c2ccccc2)(C2C=CC=CC2)C(=O)N1Cc1cccc(C(=O)NCCc2ccccc2)c1. The minimum absolute atomic E-state index is 0.141. The fraction of sp³-hybridized carbons (Fsp3) is 0.194. The van der Waals surface area contributed by atoms with Gasteiger partial charge in [-0.3, -0.25) is 14.5 Å². The Balaban J connectivity index is 1.33. The Bertz CT molecular complexity index is 1360. The van der Waals surface area contributed by atoms with E-state index in [4.69, 9.17) is 10.7 Å². The number of carbonyl (C=O) groups is 2. The number of nitrogens with two attached hydrogens (primary N) is 1. The van der Waals surface area contributed by atoms with Crippen LogP contribution < -0.4 is 11.1 Å². The lowest BCUT2D eigenvalue weighted by Crippen LogP contribution is -2.46. The van der Waals surface area contributed by atoms with Gasteiger partial charge in [0, 0.05) is 18.0 Å². The molecule has 37 heavy (non-hydrogen) atoms. The van der Waals surface area contributed by atoms with Gasteiger partial charge in [-0.1, -0.05) is 97.1 Å². The van der Waals surface area contributed by atoms with Gasteiger partial charge in [0.05, 0.1) is 6.54 Å². The molecule has 0 fully saturated rings. The Morgan fingerprint density at radius 1 is 0.973 bits per heavy atom. The van der Waals surface area contributed by atoms with Gasteiger partial charge in [-0.2, -0.15) is 0 Å². The van der Waals surface area contributed by atoms with Crippen LogP contribution in [-0.2, 0) is 23.3 Å². The van der Waals surface area contributed by atoms with Gasteiger partial charge in [-0.05, 0) is 41.7 Å². The molecule has 1 aliphatic heterocycles. The average Bonchev–Trinajstić information content (AvgIpc) is 3.20. The molecule has 2 atom stereocenters. The molecule has 0 aromatic heterocycles. The summed E-state index contributed by atoms with van der Waals surface area (Å²) >= 11 is 0. The van der Waals surface area contributed by atoms with Crippen molar-refractivity contribution in [2.45, 2.75) is 24.9 Å². The van der Waals surface area contributed by atoms with E-state index in [9.17, 15) is 9.59 Å². The summed E-state index contributed by atoms with van der Waals surface area (Å²) in [5.74, 6) is -0.254. The molecule has 2 amide bonds. The van der Waals surface area contributed by atoms with Crippen molar-refractivity contribution in [2.24, 2.45) is 16.6 Å². The first kappa shape index (κ1) is 24.3. The summed E-state index contributed by atoms with van der Waals surface area (Å²) in [5.41, 5.74) is 8.62. The van der Waals surface area contributed by atoms with Crippen molar-refractivity contribution in [3.8, 4) is 0 Å². The number of amides is 2. The standard InChI is InChI=1S/C31H30N4O2/c32-30-34-31(26-15-6-2-7-16-26,27-17-8-3-9-18-27)29(37)35(30)22-24-13-10-14-25(21-24)28(36)33-20-19-23-11-4-1-5-12-23/h1-17,21,27H,18-20,22H2,(H2,32,34)(H,33,36). The highest BCUT2D eigenvalue weighted by atomic mass is 16.2. The fourth-order valence-electron chi connectivity index (χ4n) is 5.04. The first-order valence-electron chi connectivity index (χ1n) is 12.5. The number of carbonyl (C=O) groups excluding carboxylic acids is 2. The number of nitrogens with zero attached hydrogens (tertiary/aromatic N) is 2. The zero-order chi connectivity index (χ0) is 25.7. The van der Waals surface area contributed by atoms with Crippen molar-refractivity contribution in [3.05, 3.63) is 131 Å². The van der Waals surface area contributed by atoms with E-state index in [1.165, 1.54) is 10.5 Å². The lowest BCUT2D eigenvalue weighted by molar-refractivity contribution is -0.133. The van der Waals surface area contributed by atoms with E-state index in [0.717, 1.165) is 17.5 Å². The lowest BCUT2D eigenvalue weighted by Gasteiger charge is -2.33. The van der Waals surface area contributed by atoms with Gasteiger partial charge in [0.2, 0.25) is 0 Å². The Morgan fingerprint density at radius 3 is 2.43 bits per heavy atom. The number of aliphatic imine (C=N–C) groups is 1. The lowest BCUT2D eigenvalue weighted by atomic mass is 9.75. The van der Waals surface area contributed by atoms with Crippen molar-refractivity contribution in [1.29, 1.82) is 0 Å². The first-order valence-corrected chi connectivity index (χ1v) is 12.5.